The van der Waals surface area contributed by atoms with Gasteiger partial charge in [0.25, 0.3) is 0 Å². The number of hydrogen-bond acceptors (Lipinski definition) is 8. The quantitative estimate of drug-likeness (QED) is 0.281. The normalized spacial score (nSPS) is 21.5. The summed E-state index contributed by atoms with van der Waals surface area (Å²) in [5, 5.41) is 13.3. The van der Waals surface area contributed by atoms with Gasteiger partial charge < -0.3 is 39.8 Å². The molecule has 186 valence electrons. The van der Waals surface area contributed by atoms with Crippen molar-refractivity contribution >= 4 is 36.4 Å². The Morgan fingerprint density at radius 3 is 2.53 bits per heavy atom. The van der Waals surface area contributed by atoms with E-state index in [1.165, 1.54) is 13.3 Å². The zero-order chi connectivity index (χ0) is 25.4. The lowest BCUT2D eigenvalue weighted by Gasteiger charge is -2.23. The highest BCUT2D eigenvalue weighted by Gasteiger charge is 2.41. The van der Waals surface area contributed by atoms with Gasteiger partial charge >= 0.3 is 13.8 Å². The molecule has 1 atom stereocenters. The number of aromatic nitrogens is 2. The molecule has 34 heavy (non-hydrogen) atoms. The molecule has 2 aromatic rings. The molecule has 1 saturated carbocycles. The molecule has 0 spiro atoms. The maximum Gasteiger partial charge on any atom is 0.466 e. The molecule has 1 aliphatic heterocycles. The number of phosphoric acid groups is 1. The minimum absolute atomic E-state index is 0.0374. The molecular formula is C19H25FN5O8P. The summed E-state index contributed by atoms with van der Waals surface area (Å²) in [5.74, 6) is -1.96. The van der Waals surface area contributed by atoms with Crippen molar-refractivity contribution in [2.24, 2.45) is 16.3 Å². The fraction of sp³-hybridized carbons (Fsp3) is 0.474. The highest BCUT2D eigenvalue weighted by Crippen LogP contribution is 2.38. The summed E-state index contributed by atoms with van der Waals surface area (Å²) in [5.41, 5.74) is 5.26. The molecule has 2 aromatic heterocycles. The highest BCUT2D eigenvalue weighted by molar-refractivity contribution is 7.45. The van der Waals surface area contributed by atoms with Crippen LogP contribution in [-0.2, 0) is 9.40 Å². The van der Waals surface area contributed by atoms with Crippen LogP contribution in [0.4, 0.5) is 10.2 Å². The second-order valence-corrected chi connectivity index (χ2v) is 9.36. The van der Waals surface area contributed by atoms with E-state index in [0.717, 1.165) is 18.9 Å². The van der Waals surface area contributed by atoms with Gasteiger partial charge in [-0.1, -0.05) is 12.1 Å². The Morgan fingerprint density at radius 1 is 1.41 bits per heavy atom. The lowest BCUT2D eigenvalue weighted by Crippen LogP contribution is -2.36. The first-order valence-corrected chi connectivity index (χ1v) is 11.7. The van der Waals surface area contributed by atoms with Gasteiger partial charge in [0.15, 0.2) is 11.6 Å². The van der Waals surface area contributed by atoms with Crippen molar-refractivity contribution in [2.75, 3.05) is 31.6 Å². The first-order valence-electron chi connectivity index (χ1n) is 10.1. The number of nitrogens with two attached hydrogens (primary N) is 1. The first kappa shape index (κ1) is 25.7. The molecule has 1 unspecified atom stereocenters. The largest absolute Gasteiger partial charge is 0.477 e. The van der Waals surface area contributed by atoms with Gasteiger partial charge in [-0.05, 0) is 18.9 Å². The minimum Gasteiger partial charge on any atom is -0.477 e. The molecule has 3 heterocycles. The minimum atomic E-state index is -4.64. The van der Waals surface area contributed by atoms with E-state index in [-0.39, 0.29) is 35.0 Å². The molecule has 0 amide bonds. The van der Waals surface area contributed by atoms with E-state index in [0.29, 0.717) is 18.8 Å². The summed E-state index contributed by atoms with van der Waals surface area (Å²) in [6.45, 7) is 2.90. The molecule has 0 radical (unpaired) electrons. The number of carboxylic acids is 1. The zero-order valence-corrected chi connectivity index (χ0v) is 19.3. The van der Waals surface area contributed by atoms with Crippen molar-refractivity contribution < 1.29 is 38.4 Å². The average molecular weight is 501 g/mol. The third-order valence-electron chi connectivity index (χ3n) is 5.64. The number of hydrogen-bond donors (Lipinski definition) is 5. The van der Waals surface area contributed by atoms with E-state index >= 15 is 0 Å². The van der Waals surface area contributed by atoms with Gasteiger partial charge in [0.05, 0.1) is 17.6 Å². The number of nitrogens with zero attached hydrogens (tertiary/aromatic N) is 4. The monoisotopic (exact) mass is 501 g/mol. The van der Waals surface area contributed by atoms with Crippen molar-refractivity contribution in [3.05, 3.63) is 33.9 Å². The van der Waals surface area contributed by atoms with E-state index in [9.17, 15) is 19.1 Å². The number of carboxylic acid groups (broad SMARTS) is 1. The van der Waals surface area contributed by atoms with Crippen LogP contribution < -0.4 is 16.1 Å². The Hall–Kier alpha value is -2.90. The average Bonchev–Trinajstić information content (AvgIpc) is 3.51. The van der Waals surface area contributed by atoms with Gasteiger partial charge in [0, 0.05) is 30.7 Å². The lowest BCUT2D eigenvalue weighted by atomic mass is 9.88. The number of aromatic carboxylic acids is 1. The lowest BCUT2D eigenvalue weighted by molar-refractivity contribution is 0.0694. The molecule has 6 N–H and O–H groups in total. The highest BCUT2D eigenvalue weighted by atomic mass is 31.2. The van der Waals surface area contributed by atoms with Gasteiger partial charge in [-0.15, -0.1) is 0 Å². The first-order chi connectivity index (χ1) is 15.8. The van der Waals surface area contributed by atoms with E-state index in [1.54, 1.807) is 9.47 Å². The van der Waals surface area contributed by atoms with E-state index in [4.69, 9.17) is 29.8 Å². The van der Waals surface area contributed by atoms with Crippen LogP contribution >= 0.6 is 7.82 Å². The third-order valence-corrected chi connectivity index (χ3v) is 5.64. The molecule has 13 nitrogen and oxygen atoms in total. The van der Waals surface area contributed by atoms with E-state index in [1.807, 2.05) is 6.92 Å². The van der Waals surface area contributed by atoms with Crippen LogP contribution in [0.5, 0.6) is 0 Å². The van der Waals surface area contributed by atoms with Gasteiger partial charge in [-0.3, -0.25) is 4.79 Å². The van der Waals surface area contributed by atoms with Crippen LogP contribution in [0, 0.1) is 11.2 Å². The maximum absolute atomic E-state index is 15.0. The molecule has 0 aromatic carbocycles. The number of halogens is 1. The second-order valence-electron chi connectivity index (χ2n) is 8.34. The number of anilines is 1. The molecule has 1 aliphatic carbocycles. The molecule has 2 aliphatic rings. The Labute approximate surface area is 192 Å². The molecule has 0 bridgehead atoms. The SMILES string of the molecule is CON=C1CN(c2nc3c(cc2F)c(=O)c(C(=O)O)cn3C2CC2)CC1(C)CN.O=P(O)(O)O. The van der Waals surface area contributed by atoms with Crippen molar-refractivity contribution in [3.63, 3.8) is 0 Å². The summed E-state index contributed by atoms with van der Waals surface area (Å²) in [6, 6.07) is 1.14. The Morgan fingerprint density at radius 2 is 2.03 bits per heavy atom. The summed E-state index contributed by atoms with van der Waals surface area (Å²) in [4.78, 5) is 56.7. The predicted octanol–water partition coefficient (Wildman–Crippen LogP) is 0.428. The predicted molar refractivity (Wildman–Crippen MR) is 119 cm³/mol. The van der Waals surface area contributed by atoms with Crippen LogP contribution in [0.25, 0.3) is 11.0 Å². The van der Waals surface area contributed by atoms with Crippen LogP contribution in [0.1, 0.15) is 36.2 Å². The van der Waals surface area contributed by atoms with E-state index < -0.39 is 30.5 Å². The van der Waals surface area contributed by atoms with E-state index in [2.05, 4.69) is 10.1 Å². The molecular weight excluding hydrogens is 476 g/mol. The fourth-order valence-electron chi connectivity index (χ4n) is 3.76. The third kappa shape index (κ3) is 5.42. The van der Waals surface area contributed by atoms with Gasteiger partial charge in [0.1, 0.15) is 18.3 Å². The summed E-state index contributed by atoms with van der Waals surface area (Å²) >= 11 is 0. The van der Waals surface area contributed by atoms with Gasteiger partial charge in [-0.25, -0.2) is 18.7 Å². The van der Waals surface area contributed by atoms with Crippen LogP contribution in [0.3, 0.4) is 0 Å². The second kappa shape index (κ2) is 9.39. The van der Waals surface area contributed by atoms with Crippen LogP contribution in [0.2, 0.25) is 0 Å². The van der Waals surface area contributed by atoms with Crippen LogP contribution in [0.15, 0.2) is 22.2 Å². The summed E-state index contributed by atoms with van der Waals surface area (Å²) in [6.07, 6.45) is 3.02. The molecule has 1 saturated heterocycles. The van der Waals surface area contributed by atoms with Gasteiger partial charge in [-0.2, -0.15) is 0 Å². The molecule has 4 rings (SSSR count). The smallest absolute Gasteiger partial charge is 0.466 e. The molecule has 2 fully saturated rings. The number of carbonyl (C=O) groups is 1. The topological polar surface area (TPSA) is 201 Å². The van der Waals surface area contributed by atoms with Crippen molar-refractivity contribution in [1.82, 2.24) is 9.55 Å². The van der Waals surface area contributed by atoms with Gasteiger partial charge in [0.2, 0.25) is 5.43 Å². The van der Waals surface area contributed by atoms with Crippen molar-refractivity contribution in [1.29, 1.82) is 0 Å². The van der Waals surface area contributed by atoms with Crippen molar-refractivity contribution in [2.45, 2.75) is 25.8 Å². The molecule has 15 heteroatoms. The summed E-state index contributed by atoms with van der Waals surface area (Å²) in [7, 11) is -3.20. The van der Waals surface area contributed by atoms with Crippen LogP contribution in [-0.4, -0.2) is 67.8 Å². The Kier molecular flexibility index (Phi) is 7.10. The zero-order valence-electron chi connectivity index (χ0n) is 18.4. The number of pyridine rings is 2. The Balaban J connectivity index is 0.000000588. The van der Waals surface area contributed by atoms with Crippen molar-refractivity contribution in [3.8, 4) is 0 Å². The Bertz CT molecular complexity index is 1250. The fourth-order valence-corrected chi connectivity index (χ4v) is 3.76. The number of rotatable bonds is 5. The summed E-state index contributed by atoms with van der Waals surface area (Å²) < 4.78 is 25.6. The number of fused-ring (bicyclic) bond motifs is 1. The maximum atomic E-state index is 15.0. The standard InChI is InChI=1S/C19H22FN5O4.H3O4P/c1-19(8-21)9-24(7-14(19)23-29-2)17-13(20)5-11-15(26)12(18(27)28)6-25(10-3-4-10)16(11)22-17;1-5(2,3)4/h5-6,10H,3-4,7-9,21H2,1-2H3,(H,27,28);(H3,1,2,3,4). The number of oxime groups is 1.